The van der Waals surface area contributed by atoms with Crippen LogP contribution in [0.3, 0.4) is 0 Å². The lowest BCUT2D eigenvalue weighted by molar-refractivity contribution is 0.0795. The lowest BCUT2D eigenvalue weighted by Crippen LogP contribution is -2.28. The predicted octanol–water partition coefficient (Wildman–Crippen LogP) is 2.78. The average molecular weight is 360 g/mol. The number of sulfonamides is 1. The van der Waals surface area contributed by atoms with Gasteiger partial charge < -0.3 is 4.90 Å². The van der Waals surface area contributed by atoms with Crippen molar-refractivity contribution in [2.45, 2.75) is 18.2 Å². The number of hydrogen-bond donors (Lipinski definition) is 1. The number of rotatable bonds is 4. The minimum absolute atomic E-state index is 0.1000. The first-order valence-corrected chi connectivity index (χ1v) is 8.25. The SMILES string of the molecule is CCCN(C)C(=O)c1c(Cl)c(Cl)cc(S(N)(=O)=O)c1Cl. The van der Waals surface area contributed by atoms with Crippen LogP contribution < -0.4 is 5.14 Å². The Kier molecular flexibility index (Phi) is 5.69. The van der Waals surface area contributed by atoms with Crippen LogP contribution in [0.15, 0.2) is 11.0 Å². The van der Waals surface area contributed by atoms with E-state index in [0.717, 1.165) is 12.5 Å². The summed E-state index contributed by atoms with van der Waals surface area (Å²) in [4.78, 5) is 13.2. The Bertz CT molecular complexity index is 647. The summed E-state index contributed by atoms with van der Waals surface area (Å²) in [6.07, 6.45) is 0.722. The van der Waals surface area contributed by atoms with Gasteiger partial charge in [-0.25, -0.2) is 13.6 Å². The maximum atomic E-state index is 12.3. The van der Waals surface area contributed by atoms with Crippen LogP contribution in [0.4, 0.5) is 0 Å². The summed E-state index contributed by atoms with van der Waals surface area (Å²) in [6, 6.07) is 1.03. The summed E-state index contributed by atoms with van der Waals surface area (Å²) in [5, 5.41) is 4.51. The molecule has 0 atom stereocenters. The molecule has 5 nitrogen and oxygen atoms in total. The fourth-order valence-electron chi connectivity index (χ4n) is 1.60. The van der Waals surface area contributed by atoms with Gasteiger partial charge in [0.2, 0.25) is 10.0 Å². The molecule has 0 aromatic heterocycles. The number of carbonyl (C=O) groups is 1. The standard InChI is InChI=1S/C11H13Cl3N2O3S/c1-3-4-16(2)11(17)8-9(13)6(12)5-7(10(8)14)20(15,18)19/h5H,3-4H2,1-2H3,(H2,15,18,19). The van der Waals surface area contributed by atoms with Crippen molar-refractivity contribution in [2.75, 3.05) is 13.6 Å². The van der Waals surface area contributed by atoms with Crippen LogP contribution in [-0.2, 0) is 10.0 Å². The minimum atomic E-state index is -4.11. The molecule has 1 rings (SSSR count). The smallest absolute Gasteiger partial charge is 0.256 e. The first-order valence-electron chi connectivity index (χ1n) is 5.57. The van der Waals surface area contributed by atoms with Crippen molar-refractivity contribution in [3.63, 3.8) is 0 Å². The second kappa shape index (κ2) is 6.49. The number of primary sulfonamides is 1. The molecule has 20 heavy (non-hydrogen) atoms. The molecule has 1 aromatic carbocycles. The van der Waals surface area contributed by atoms with Gasteiger partial charge in [0.05, 0.1) is 20.6 Å². The van der Waals surface area contributed by atoms with Crippen LogP contribution in [0.1, 0.15) is 23.7 Å². The fraction of sp³-hybridized carbons (Fsp3) is 0.364. The van der Waals surface area contributed by atoms with Crippen LogP contribution in [0.25, 0.3) is 0 Å². The number of carbonyl (C=O) groups excluding carboxylic acids is 1. The Labute approximate surface area is 132 Å². The largest absolute Gasteiger partial charge is 0.342 e. The highest BCUT2D eigenvalue weighted by Gasteiger charge is 2.26. The van der Waals surface area contributed by atoms with Crippen LogP contribution in [0, 0.1) is 0 Å². The van der Waals surface area contributed by atoms with Gasteiger partial charge >= 0.3 is 0 Å². The fourth-order valence-corrected chi connectivity index (χ4v) is 3.34. The number of hydrogen-bond acceptors (Lipinski definition) is 3. The molecule has 9 heteroatoms. The molecule has 1 aromatic rings. The molecule has 2 N–H and O–H groups in total. The van der Waals surface area contributed by atoms with Gasteiger partial charge in [-0.3, -0.25) is 4.79 Å². The van der Waals surface area contributed by atoms with E-state index in [1.165, 1.54) is 4.90 Å². The number of halogens is 3. The molecular weight excluding hydrogens is 347 g/mol. The summed E-state index contributed by atoms with van der Waals surface area (Å²) >= 11 is 17.8. The molecule has 0 radical (unpaired) electrons. The van der Waals surface area contributed by atoms with Gasteiger partial charge in [-0.15, -0.1) is 0 Å². The van der Waals surface area contributed by atoms with E-state index in [9.17, 15) is 13.2 Å². The predicted molar refractivity (Wildman–Crippen MR) is 80.1 cm³/mol. The van der Waals surface area contributed by atoms with E-state index in [0.29, 0.717) is 6.54 Å². The van der Waals surface area contributed by atoms with Crippen LogP contribution in [0.5, 0.6) is 0 Å². The molecule has 0 saturated heterocycles. The quantitative estimate of drug-likeness (QED) is 0.839. The molecule has 0 aliphatic heterocycles. The molecule has 0 aliphatic carbocycles. The zero-order valence-corrected chi connectivity index (χ0v) is 13.9. The molecule has 0 fully saturated rings. The number of amides is 1. The van der Waals surface area contributed by atoms with E-state index >= 15 is 0 Å². The minimum Gasteiger partial charge on any atom is -0.342 e. The van der Waals surface area contributed by atoms with Gasteiger partial charge in [0.1, 0.15) is 4.90 Å². The van der Waals surface area contributed by atoms with Gasteiger partial charge in [0.15, 0.2) is 0 Å². The Morgan fingerprint density at radius 1 is 1.30 bits per heavy atom. The number of nitrogens with zero attached hydrogens (tertiary/aromatic N) is 1. The van der Waals surface area contributed by atoms with Crippen LogP contribution >= 0.6 is 34.8 Å². The molecule has 0 aliphatic rings. The van der Waals surface area contributed by atoms with Gasteiger partial charge in [-0.1, -0.05) is 41.7 Å². The molecule has 0 saturated carbocycles. The highest BCUT2D eigenvalue weighted by Crippen LogP contribution is 2.36. The van der Waals surface area contributed by atoms with E-state index < -0.39 is 20.8 Å². The molecule has 0 heterocycles. The first kappa shape index (κ1) is 17.5. The van der Waals surface area contributed by atoms with Gasteiger partial charge in [-0.05, 0) is 12.5 Å². The van der Waals surface area contributed by atoms with Gasteiger partial charge in [-0.2, -0.15) is 0 Å². The van der Waals surface area contributed by atoms with E-state index in [1.807, 2.05) is 6.92 Å². The lowest BCUT2D eigenvalue weighted by atomic mass is 10.2. The van der Waals surface area contributed by atoms with Crippen molar-refractivity contribution in [1.82, 2.24) is 4.90 Å². The van der Waals surface area contributed by atoms with Crippen molar-refractivity contribution in [3.8, 4) is 0 Å². The van der Waals surface area contributed by atoms with Crippen molar-refractivity contribution >= 4 is 50.7 Å². The first-order chi connectivity index (χ1) is 9.11. The van der Waals surface area contributed by atoms with Crippen molar-refractivity contribution in [1.29, 1.82) is 0 Å². The number of nitrogens with two attached hydrogens (primary N) is 1. The summed E-state index contributed by atoms with van der Waals surface area (Å²) in [5.74, 6) is -0.519. The molecular formula is C11H13Cl3N2O3S. The second-order valence-corrected chi connectivity index (χ2v) is 6.82. The van der Waals surface area contributed by atoms with E-state index in [-0.39, 0.29) is 20.6 Å². The lowest BCUT2D eigenvalue weighted by Gasteiger charge is -2.19. The van der Waals surface area contributed by atoms with Crippen LogP contribution in [-0.4, -0.2) is 32.8 Å². The van der Waals surface area contributed by atoms with E-state index in [1.54, 1.807) is 7.05 Å². The molecule has 112 valence electrons. The monoisotopic (exact) mass is 358 g/mol. The highest BCUT2D eigenvalue weighted by atomic mass is 35.5. The Morgan fingerprint density at radius 2 is 1.85 bits per heavy atom. The summed E-state index contributed by atoms with van der Waals surface area (Å²) in [6.45, 7) is 2.35. The zero-order valence-electron chi connectivity index (χ0n) is 10.8. The summed E-state index contributed by atoms with van der Waals surface area (Å²) < 4.78 is 22.9. The summed E-state index contributed by atoms with van der Waals surface area (Å²) in [7, 11) is -2.56. The Hall–Kier alpha value is -0.530. The average Bonchev–Trinajstić information content (AvgIpc) is 2.32. The van der Waals surface area contributed by atoms with E-state index in [4.69, 9.17) is 39.9 Å². The third-order valence-corrected chi connectivity index (χ3v) is 4.78. The third-order valence-electron chi connectivity index (χ3n) is 2.55. The molecule has 1 amide bonds. The third kappa shape index (κ3) is 3.56. The van der Waals surface area contributed by atoms with Crippen LogP contribution in [0.2, 0.25) is 15.1 Å². The van der Waals surface area contributed by atoms with E-state index in [2.05, 4.69) is 0 Å². The maximum absolute atomic E-state index is 12.3. The Morgan fingerprint density at radius 3 is 2.30 bits per heavy atom. The maximum Gasteiger partial charge on any atom is 0.256 e. The summed E-state index contributed by atoms with van der Waals surface area (Å²) in [5.41, 5.74) is -0.166. The van der Waals surface area contributed by atoms with Crippen molar-refractivity contribution in [3.05, 3.63) is 26.7 Å². The molecule has 0 spiro atoms. The highest BCUT2D eigenvalue weighted by molar-refractivity contribution is 7.89. The van der Waals surface area contributed by atoms with Gasteiger partial charge in [0, 0.05) is 13.6 Å². The van der Waals surface area contributed by atoms with Crippen molar-refractivity contribution in [2.24, 2.45) is 5.14 Å². The second-order valence-electron chi connectivity index (χ2n) is 4.13. The topological polar surface area (TPSA) is 80.5 Å². The van der Waals surface area contributed by atoms with Crippen molar-refractivity contribution < 1.29 is 13.2 Å². The number of benzene rings is 1. The zero-order chi connectivity index (χ0) is 15.7. The normalized spacial score (nSPS) is 11.5. The molecule has 0 bridgehead atoms. The Balaban J connectivity index is 3.55. The molecule has 0 unspecified atom stereocenters. The van der Waals surface area contributed by atoms with Gasteiger partial charge in [0.25, 0.3) is 5.91 Å².